The highest BCUT2D eigenvalue weighted by Gasteiger charge is 2.17. The number of allylic oxidation sites excluding steroid dienone is 2. The van der Waals surface area contributed by atoms with Crippen molar-refractivity contribution in [3.05, 3.63) is 12.2 Å². The van der Waals surface area contributed by atoms with Gasteiger partial charge in [-0.2, -0.15) is 0 Å². The maximum atomic E-state index is 9.32. The van der Waals surface area contributed by atoms with Crippen molar-refractivity contribution in [2.75, 3.05) is 5.88 Å². The van der Waals surface area contributed by atoms with Gasteiger partial charge < -0.3 is 5.11 Å². The van der Waals surface area contributed by atoms with Gasteiger partial charge in [0, 0.05) is 5.88 Å². The lowest BCUT2D eigenvalue weighted by molar-refractivity contribution is 0.123. The second-order valence-electron chi connectivity index (χ2n) is 2.77. The summed E-state index contributed by atoms with van der Waals surface area (Å²) in [5, 5.41) is 9.32. The molecule has 0 saturated carbocycles. The molecule has 2 unspecified atom stereocenters. The van der Waals surface area contributed by atoms with Crippen LogP contribution < -0.4 is 0 Å². The Kier molecular flexibility index (Phi) is 3.23. The van der Waals surface area contributed by atoms with Crippen molar-refractivity contribution in [1.82, 2.24) is 0 Å². The van der Waals surface area contributed by atoms with Crippen molar-refractivity contribution in [1.29, 1.82) is 0 Å². The Morgan fingerprint density at radius 1 is 1.60 bits per heavy atom. The molecule has 1 N–H and O–H groups in total. The van der Waals surface area contributed by atoms with E-state index in [4.69, 9.17) is 11.6 Å². The molecule has 0 aromatic heterocycles. The van der Waals surface area contributed by atoms with Crippen LogP contribution in [-0.2, 0) is 0 Å². The van der Waals surface area contributed by atoms with Gasteiger partial charge in [0.15, 0.2) is 0 Å². The van der Waals surface area contributed by atoms with Gasteiger partial charge in [-0.25, -0.2) is 0 Å². The first-order valence-corrected chi connectivity index (χ1v) is 4.27. The van der Waals surface area contributed by atoms with Crippen LogP contribution in [0.15, 0.2) is 12.2 Å². The topological polar surface area (TPSA) is 20.2 Å². The summed E-state index contributed by atoms with van der Waals surface area (Å²) in [5.41, 5.74) is 0. The largest absolute Gasteiger partial charge is 0.392 e. The molecule has 10 heavy (non-hydrogen) atoms. The molecule has 0 spiro atoms. The summed E-state index contributed by atoms with van der Waals surface area (Å²) in [6.45, 7) is 0. The molecular formula is C8H13ClO. The molecule has 0 fully saturated rings. The Labute approximate surface area is 66.7 Å². The van der Waals surface area contributed by atoms with Gasteiger partial charge >= 0.3 is 0 Å². The molecule has 58 valence electrons. The molecule has 0 heterocycles. The summed E-state index contributed by atoms with van der Waals surface area (Å²) < 4.78 is 0. The normalized spacial score (nSPS) is 28.4. The molecule has 1 rings (SSSR count). The Balaban J connectivity index is 2.33. The summed E-state index contributed by atoms with van der Waals surface area (Å²) in [7, 11) is 0. The summed E-state index contributed by atoms with van der Waals surface area (Å²) >= 11 is 5.51. The van der Waals surface area contributed by atoms with Crippen LogP contribution in [0.1, 0.15) is 19.3 Å². The van der Waals surface area contributed by atoms with Gasteiger partial charge in [-0.3, -0.25) is 0 Å². The number of halogens is 1. The molecule has 0 amide bonds. The SMILES string of the molecule is OC(CCl)C1CC=CCC1. The van der Waals surface area contributed by atoms with E-state index in [2.05, 4.69) is 12.2 Å². The lowest BCUT2D eigenvalue weighted by Crippen LogP contribution is -2.22. The Hall–Kier alpha value is -0.0100. The molecule has 0 saturated heterocycles. The average molecular weight is 161 g/mol. The van der Waals surface area contributed by atoms with E-state index in [9.17, 15) is 5.11 Å². The monoisotopic (exact) mass is 160 g/mol. The lowest BCUT2D eigenvalue weighted by Gasteiger charge is -2.21. The van der Waals surface area contributed by atoms with Crippen molar-refractivity contribution in [2.24, 2.45) is 5.92 Å². The molecular weight excluding hydrogens is 148 g/mol. The van der Waals surface area contributed by atoms with Gasteiger partial charge in [0.2, 0.25) is 0 Å². The quantitative estimate of drug-likeness (QED) is 0.484. The van der Waals surface area contributed by atoms with Gasteiger partial charge in [0.05, 0.1) is 6.10 Å². The molecule has 0 aromatic carbocycles. The Bertz CT molecular complexity index is 122. The number of alkyl halides is 1. The highest BCUT2D eigenvalue weighted by atomic mass is 35.5. The van der Waals surface area contributed by atoms with Crippen molar-refractivity contribution in [2.45, 2.75) is 25.4 Å². The number of rotatable bonds is 2. The molecule has 2 heteroatoms. The highest BCUT2D eigenvalue weighted by Crippen LogP contribution is 2.21. The fourth-order valence-corrected chi connectivity index (χ4v) is 1.54. The minimum absolute atomic E-state index is 0.299. The van der Waals surface area contributed by atoms with E-state index in [1.807, 2.05) is 0 Å². The predicted octanol–water partition coefficient (Wildman–Crippen LogP) is 1.94. The number of aliphatic hydroxyl groups excluding tert-OH is 1. The zero-order chi connectivity index (χ0) is 7.40. The van der Waals surface area contributed by atoms with Crippen LogP contribution in [0.25, 0.3) is 0 Å². The van der Waals surface area contributed by atoms with E-state index in [0.29, 0.717) is 11.8 Å². The Morgan fingerprint density at radius 3 is 2.90 bits per heavy atom. The van der Waals surface area contributed by atoms with E-state index in [1.165, 1.54) is 0 Å². The summed E-state index contributed by atoms with van der Waals surface area (Å²) in [6.07, 6.45) is 7.17. The van der Waals surface area contributed by atoms with E-state index in [0.717, 1.165) is 19.3 Å². The molecule has 1 aliphatic rings. The number of hydrogen-bond acceptors (Lipinski definition) is 1. The zero-order valence-corrected chi connectivity index (χ0v) is 6.72. The third kappa shape index (κ3) is 1.99. The first kappa shape index (κ1) is 8.09. The first-order chi connectivity index (χ1) is 4.84. The van der Waals surface area contributed by atoms with E-state index in [1.54, 1.807) is 0 Å². The summed E-state index contributed by atoms with van der Waals surface area (Å²) in [6, 6.07) is 0. The minimum Gasteiger partial charge on any atom is -0.392 e. The summed E-state index contributed by atoms with van der Waals surface area (Å²) in [5.74, 6) is 0.779. The van der Waals surface area contributed by atoms with Crippen LogP contribution in [-0.4, -0.2) is 17.1 Å². The maximum absolute atomic E-state index is 9.32. The highest BCUT2D eigenvalue weighted by molar-refractivity contribution is 6.18. The molecule has 0 aromatic rings. The fourth-order valence-electron chi connectivity index (χ4n) is 1.29. The van der Waals surface area contributed by atoms with Crippen LogP contribution in [0.3, 0.4) is 0 Å². The number of aliphatic hydroxyl groups is 1. The van der Waals surface area contributed by atoms with Crippen molar-refractivity contribution in [3.8, 4) is 0 Å². The van der Waals surface area contributed by atoms with E-state index >= 15 is 0 Å². The smallest absolute Gasteiger partial charge is 0.0706 e. The van der Waals surface area contributed by atoms with Crippen LogP contribution in [0.4, 0.5) is 0 Å². The average Bonchev–Trinajstić information content (AvgIpc) is 2.05. The summed E-state index contributed by atoms with van der Waals surface area (Å²) in [4.78, 5) is 0. The zero-order valence-electron chi connectivity index (χ0n) is 5.96. The number of hydrogen-bond donors (Lipinski definition) is 1. The molecule has 0 bridgehead atoms. The predicted molar refractivity (Wildman–Crippen MR) is 43.2 cm³/mol. The fraction of sp³-hybridized carbons (Fsp3) is 0.750. The van der Waals surface area contributed by atoms with Crippen LogP contribution in [0, 0.1) is 5.92 Å². The molecule has 1 nitrogen and oxygen atoms in total. The van der Waals surface area contributed by atoms with Gasteiger partial charge in [-0.1, -0.05) is 12.2 Å². The second kappa shape index (κ2) is 3.99. The molecule has 2 atom stereocenters. The third-order valence-corrected chi connectivity index (χ3v) is 2.33. The minimum atomic E-state index is -0.299. The van der Waals surface area contributed by atoms with E-state index in [-0.39, 0.29) is 6.10 Å². The van der Waals surface area contributed by atoms with Gasteiger partial charge in [0.25, 0.3) is 0 Å². The van der Waals surface area contributed by atoms with Gasteiger partial charge in [-0.15, -0.1) is 11.6 Å². The first-order valence-electron chi connectivity index (χ1n) is 3.73. The van der Waals surface area contributed by atoms with Crippen LogP contribution in [0.2, 0.25) is 0 Å². The standard InChI is InChI=1S/C8H13ClO/c9-6-8(10)7-4-2-1-3-5-7/h1-2,7-8,10H,3-6H2. The van der Waals surface area contributed by atoms with Crippen molar-refractivity contribution < 1.29 is 5.11 Å². The molecule has 0 radical (unpaired) electrons. The Morgan fingerprint density at radius 2 is 2.40 bits per heavy atom. The van der Waals surface area contributed by atoms with Crippen molar-refractivity contribution >= 4 is 11.6 Å². The van der Waals surface area contributed by atoms with Gasteiger partial charge in [0.1, 0.15) is 0 Å². The molecule has 0 aliphatic heterocycles. The third-order valence-electron chi connectivity index (χ3n) is 2.01. The van der Waals surface area contributed by atoms with Crippen LogP contribution in [0.5, 0.6) is 0 Å². The van der Waals surface area contributed by atoms with Crippen molar-refractivity contribution in [3.63, 3.8) is 0 Å². The van der Waals surface area contributed by atoms with Crippen LogP contribution >= 0.6 is 11.6 Å². The second-order valence-corrected chi connectivity index (χ2v) is 3.07. The van der Waals surface area contributed by atoms with E-state index < -0.39 is 0 Å². The lowest BCUT2D eigenvalue weighted by atomic mass is 9.90. The maximum Gasteiger partial charge on any atom is 0.0706 e. The van der Waals surface area contributed by atoms with Gasteiger partial charge in [-0.05, 0) is 25.2 Å². The molecule has 1 aliphatic carbocycles.